The number of allylic oxidation sites excluding steroid dienone is 4. The summed E-state index contributed by atoms with van der Waals surface area (Å²) in [6, 6.07) is 0.632. The minimum Gasteiger partial charge on any atom is -0.392 e. The van der Waals surface area contributed by atoms with Gasteiger partial charge < -0.3 is 20.8 Å². The van der Waals surface area contributed by atoms with Gasteiger partial charge in [-0.15, -0.1) is 0 Å². The number of fused-ring (bicyclic) bond motifs is 6. The molecule has 0 radical (unpaired) electrons. The smallest absolute Gasteiger partial charge is 0.0696 e. The number of hydrogen-bond acceptors (Lipinski definition) is 4. The van der Waals surface area contributed by atoms with Gasteiger partial charge in [0.05, 0.1) is 12.2 Å². The summed E-state index contributed by atoms with van der Waals surface area (Å²) in [7, 11) is 0. The summed E-state index contributed by atoms with van der Waals surface area (Å²) in [6.07, 6.45) is 14.3. The molecule has 1 heterocycles. The maximum atomic E-state index is 11.1. The van der Waals surface area contributed by atoms with E-state index in [2.05, 4.69) is 51.0 Å². The first kappa shape index (κ1) is 27.2. The average Bonchev–Trinajstić information content (AvgIpc) is 3.34. The number of rotatable bonds is 5. The van der Waals surface area contributed by atoms with E-state index in [-0.39, 0.29) is 23.8 Å². The number of piperidine rings is 1. The highest BCUT2D eigenvalue weighted by molar-refractivity contribution is 5.41. The molecule has 0 bridgehead atoms. The van der Waals surface area contributed by atoms with E-state index in [0.717, 1.165) is 24.7 Å². The normalized spacial score (nSPS) is 49.0. The SMILES string of the molecule is C=C(C)[C@@H]1CC[C@@]2(C)CC([C@@H]3CC[C@@H]4C[C@@H]5C[C@H]6C[C@@H](NC[C@H](C)O)[C@H](O)C[C@H]6[C@@H]5[C@]4(C)N3)=CC(C)=C2C1. The minimum absolute atomic E-state index is 0.136. The molecule has 4 N–H and O–H groups in total. The second kappa shape index (κ2) is 9.86. The largest absolute Gasteiger partial charge is 0.392 e. The van der Waals surface area contributed by atoms with Crippen molar-refractivity contribution in [3.05, 3.63) is 34.9 Å². The third-order valence-corrected chi connectivity index (χ3v) is 12.6. The van der Waals surface area contributed by atoms with Gasteiger partial charge in [-0.1, -0.05) is 41.9 Å². The standard InChI is InChI=1S/C34H54N2O2/c1-19(2)22-9-10-33(5)17-25(11-20(3)28(33)14-22)29-8-7-26-13-24-12-23-15-30(35-18-21(4)37)31(38)16-27(23)32(24)34(26,6)36-29/h11,21-24,26-27,29-32,35-38H,1,7-10,12-18H2,2-6H3/t21-,22+,23-,24-,26+,27+,29-,30+,31+,32+,33-,34+/m0/s1. The molecule has 0 aromatic carbocycles. The Bertz CT molecular complexity index is 1010. The molecule has 5 fully saturated rings. The van der Waals surface area contributed by atoms with Crippen LogP contribution in [0.5, 0.6) is 0 Å². The zero-order valence-electron chi connectivity index (χ0n) is 24.7. The lowest BCUT2D eigenvalue weighted by atomic mass is 9.59. The van der Waals surface area contributed by atoms with Crippen molar-refractivity contribution >= 4 is 0 Å². The fourth-order valence-corrected chi connectivity index (χ4v) is 10.8. The van der Waals surface area contributed by atoms with Gasteiger partial charge in [0, 0.05) is 24.2 Å². The summed E-state index contributed by atoms with van der Waals surface area (Å²) in [5, 5.41) is 28.7. The molecule has 4 heteroatoms. The van der Waals surface area contributed by atoms with Crippen LogP contribution in [0.3, 0.4) is 0 Å². The summed E-state index contributed by atoms with van der Waals surface area (Å²) in [6.45, 7) is 16.4. The van der Waals surface area contributed by atoms with Crippen LogP contribution in [0.1, 0.15) is 98.8 Å². The highest BCUT2D eigenvalue weighted by Crippen LogP contribution is 2.63. The van der Waals surface area contributed by atoms with Crippen molar-refractivity contribution in [1.82, 2.24) is 10.6 Å². The first-order valence-electron chi connectivity index (χ1n) is 15.9. The Morgan fingerprint density at radius 3 is 2.68 bits per heavy atom. The molecule has 0 spiro atoms. The van der Waals surface area contributed by atoms with E-state index in [0.29, 0.717) is 41.7 Å². The zero-order valence-corrected chi connectivity index (χ0v) is 24.7. The van der Waals surface area contributed by atoms with Crippen LogP contribution in [0.4, 0.5) is 0 Å². The molecule has 0 amide bonds. The van der Waals surface area contributed by atoms with Gasteiger partial charge in [-0.3, -0.25) is 0 Å². The maximum absolute atomic E-state index is 11.1. The van der Waals surface area contributed by atoms with Gasteiger partial charge in [0.2, 0.25) is 0 Å². The summed E-state index contributed by atoms with van der Waals surface area (Å²) < 4.78 is 0. The second-order valence-electron chi connectivity index (χ2n) is 15.2. The quantitative estimate of drug-likeness (QED) is 0.339. The van der Waals surface area contributed by atoms with E-state index in [4.69, 9.17) is 0 Å². The van der Waals surface area contributed by atoms with E-state index < -0.39 is 0 Å². The van der Waals surface area contributed by atoms with E-state index >= 15 is 0 Å². The lowest BCUT2D eigenvalue weighted by Gasteiger charge is -2.51. The number of aliphatic hydroxyl groups is 2. The zero-order chi connectivity index (χ0) is 27.0. The molecule has 212 valence electrons. The minimum atomic E-state index is -0.363. The molecular formula is C34H54N2O2. The van der Waals surface area contributed by atoms with Crippen molar-refractivity contribution in [2.75, 3.05) is 6.54 Å². The van der Waals surface area contributed by atoms with Crippen molar-refractivity contribution in [2.24, 2.45) is 40.9 Å². The van der Waals surface area contributed by atoms with Gasteiger partial charge >= 0.3 is 0 Å². The highest BCUT2D eigenvalue weighted by Gasteiger charge is 2.62. The van der Waals surface area contributed by atoms with Crippen molar-refractivity contribution in [1.29, 1.82) is 0 Å². The van der Waals surface area contributed by atoms with Crippen LogP contribution < -0.4 is 10.6 Å². The Labute approximate surface area is 231 Å². The van der Waals surface area contributed by atoms with Crippen molar-refractivity contribution < 1.29 is 10.2 Å². The fourth-order valence-electron chi connectivity index (χ4n) is 10.8. The summed E-state index contributed by atoms with van der Waals surface area (Å²) >= 11 is 0. The molecule has 6 rings (SSSR count). The number of aliphatic hydroxyl groups excluding tert-OH is 2. The molecule has 1 saturated heterocycles. The van der Waals surface area contributed by atoms with Crippen LogP contribution in [-0.4, -0.2) is 46.6 Å². The Hall–Kier alpha value is -0.940. The van der Waals surface area contributed by atoms with Crippen LogP contribution in [0, 0.1) is 40.9 Å². The molecule has 4 saturated carbocycles. The molecule has 12 atom stereocenters. The lowest BCUT2D eigenvalue weighted by Crippen LogP contribution is -2.61. The van der Waals surface area contributed by atoms with Crippen LogP contribution in [0.2, 0.25) is 0 Å². The molecular weight excluding hydrogens is 468 g/mol. The summed E-state index contributed by atoms with van der Waals surface area (Å²) in [5.74, 6) is 4.26. The third kappa shape index (κ3) is 4.50. The van der Waals surface area contributed by atoms with Crippen molar-refractivity contribution in [3.63, 3.8) is 0 Å². The van der Waals surface area contributed by atoms with E-state index in [1.54, 1.807) is 11.1 Å². The first-order chi connectivity index (χ1) is 18.0. The maximum Gasteiger partial charge on any atom is 0.0696 e. The van der Waals surface area contributed by atoms with Gasteiger partial charge in [-0.2, -0.15) is 0 Å². The highest BCUT2D eigenvalue weighted by atomic mass is 16.3. The van der Waals surface area contributed by atoms with E-state index in [9.17, 15) is 10.2 Å². The van der Waals surface area contributed by atoms with Gasteiger partial charge in [0.15, 0.2) is 0 Å². The second-order valence-corrected chi connectivity index (χ2v) is 15.2. The molecule has 0 aromatic rings. The molecule has 5 aliphatic carbocycles. The summed E-state index contributed by atoms with van der Waals surface area (Å²) in [4.78, 5) is 0. The number of hydrogen-bond donors (Lipinski definition) is 4. The molecule has 6 aliphatic rings. The molecule has 0 unspecified atom stereocenters. The predicted molar refractivity (Wildman–Crippen MR) is 156 cm³/mol. The van der Waals surface area contributed by atoms with Gasteiger partial charge in [0.1, 0.15) is 0 Å². The fraction of sp³-hybridized carbons (Fsp3) is 0.824. The van der Waals surface area contributed by atoms with Gasteiger partial charge in [0.25, 0.3) is 0 Å². The molecule has 1 aliphatic heterocycles. The topological polar surface area (TPSA) is 64.5 Å². The average molecular weight is 523 g/mol. The van der Waals surface area contributed by atoms with Crippen LogP contribution in [-0.2, 0) is 0 Å². The van der Waals surface area contributed by atoms with E-state index in [1.165, 1.54) is 62.5 Å². The third-order valence-electron chi connectivity index (χ3n) is 12.6. The van der Waals surface area contributed by atoms with Crippen LogP contribution in [0.25, 0.3) is 0 Å². The van der Waals surface area contributed by atoms with E-state index in [1.807, 2.05) is 6.92 Å². The Morgan fingerprint density at radius 2 is 1.95 bits per heavy atom. The monoisotopic (exact) mass is 522 g/mol. The van der Waals surface area contributed by atoms with Crippen molar-refractivity contribution in [3.8, 4) is 0 Å². The van der Waals surface area contributed by atoms with Crippen LogP contribution >= 0.6 is 0 Å². The lowest BCUT2D eigenvalue weighted by molar-refractivity contribution is 0.00617. The Morgan fingerprint density at radius 1 is 1.16 bits per heavy atom. The first-order valence-corrected chi connectivity index (χ1v) is 15.9. The molecule has 38 heavy (non-hydrogen) atoms. The van der Waals surface area contributed by atoms with Crippen LogP contribution in [0.15, 0.2) is 34.9 Å². The van der Waals surface area contributed by atoms with Gasteiger partial charge in [-0.05, 0) is 133 Å². The Kier molecular flexibility index (Phi) is 7.07. The number of nitrogens with one attached hydrogen (secondary N) is 2. The van der Waals surface area contributed by atoms with Gasteiger partial charge in [-0.25, -0.2) is 0 Å². The predicted octanol–water partition coefficient (Wildman–Crippen LogP) is 5.91. The Balaban J connectivity index is 1.20. The summed E-state index contributed by atoms with van der Waals surface area (Å²) in [5.41, 5.74) is 6.76. The molecule has 0 aromatic heterocycles. The molecule has 4 nitrogen and oxygen atoms in total. The van der Waals surface area contributed by atoms with Crippen molar-refractivity contribution in [2.45, 2.75) is 129 Å².